The standard InChI is InChI=1S/C8H12ClN3O4S2/c1-11(12(2)18(10,15)16)17(13,14)8-5-3-7(9)4-6-8/h3-6H,1-2H3,(H2,10,15,16). The lowest BCUT2D eigenvalue weighted by Gasteiger charge is -2.24. The molecule has 0 saturated carbocycles. The van der Waals surface area contributed by atoms with Gasteiger partial charge in [0.05, 0.1) is 4.90 Å². The third kappa shape index (κ3) is 3.19. The van der Waals surface area contributed by atoms with Crippen LogP contribution in [0.3, 0.4) is 0 Å². The molecule has 0 fully saturated rings. The molecular weight excluding hydrogens is 302 g/mol. The van der Waals surface area contributed by atoms with Gasteiger partial charge in [0.25, 0.3) is 20.2 Å². The van der Waals surface area contributed by atoms with Gasteiger partial charge in [-0.3, -0.25) is 0 Å². The molecule has 0 radical (unpaired) electrons. The fourth-order valence-electron chi connectivity index (χ4n) is 1.07. The van der Waals surface area contributed by atoms with Crippen LogP contribution < -0.4 is 5.14 Å². The van der Waals surface area contributed by atoms with Gasteiger partial charge >= 0.3 is 0 Å². The third-order valence-electron chi connectivity index (χ3n) is 2.22. The lowest BCUT2D eigenvalue weighted by Crippen LogP contribution is -2.47. The highest BCUT2D eigenvalue weighted by atomic mass is 35.5. The number of hydrogen-bond acceptors (Lipinski definition) is 4. The normalized spacial score (nSPS) is 13.2. The first-order chi connectivity index (χ1) is 8.06. The van der Waals surface area contributed by atoms with Crippen LogP contribution >= 0.6 is 11.6 Å². The summed E-state index contributed by atoms with van der Waals surface area (Å²) in [6.07, 6.45) is 0. The molecule has 102 valence electrons. The Morgan fingerprint density at radius 1 is 1.00 bits per heavy atom. The van der Waals surface area contributed by atoms with Crippen molar-refractivity contribution < 1.29 is 16.8 Å². The molecule has 0 unspecified atom stereocenters. The van der Waals surface area contributed by atoms with Crippen LogP contribution in [0.15, 0.2) is 29.2 Å². The average molecular weight is 314 g/mol. The van der Waals surface area contributed by atoms with Crippen molar-refractivity contribution in [2.24, 2.45) is 5.14 Å². The van der Waals surface area contributed by atoms with Crippen molar-refractivity contribution in [1.82, 2.24) is 8.83 Å². The Hall–Kier alpha value is -0.710. The van der Waals surface area contributed by atoms with Crippen molar-refractivity contribution in [3.05, 3.63) is 29.3 Å². The quantitative estimate of drug-likeness (QED) is 0.791. The van der Waals surface area contributed by atoms with Gasteiger partial charge in [-0.1, -0.05) is 11.6 Å². The average Bonchev–Trinajstić information content (AvgIpc) is 2.26. The number of benzene rings is 1. The largest absolute Gasteiger partial charge is 0.290 e. The highest BCUT2D eigenvalue weighted by Gasteiger charge is 2.29. The minimum Gasteiger partial charge on any atom is -0.214 e. The maximum Gasteiger partial charge on any atom is 0.290 e. The Kier molecular flexibility index (Phi) is 4.36. The molecule has 1 aromatic rings. The van der Waals surface area contributed by atoms with Gasteiger partial charge in [0.2, 0.25) is 0 Å². The van der Waals surface area contributed by atoms with E-state index in [1.54, 1.807) is 0 Å². The summed E-state index contributed by atoms with van der Waals surface area (Å²) in [5.74, 6) is 0. The molecule has 0 bridgehead atoms. The molecule has 18 heavy (non-hydrogen) atoms. The van der Waals surface area contributed by atoms with Crippen LogP contribution in [0.4, 0.5) is 0 Å². The van der Waals surface area contributed by atoms with E-state index in [-0.39, 0.29) is 4.90 Å². The zero-order valence-electron chi connectivity index (χ0n) is 9.61. The van der Waals surface area contributed by atoms with E-state index in [4.69, 9.17) is 16.7 Å². The summed E-state index contributed by atoms with van der Waals surface area (Å²) in [5.41, 5.74) is 0. The lowest BCUT2D eigenvalue weighted by atomic mass is 10.4. The van der Waals surface area contributed by atoms with E-state index in [1.807, 2.05) is 0 Å². The predicted molar refractivity (Wildman–Crippen MR) is 67.3 cm³/mol. The zero-order valence-corrected chi connectivity index (χ0v) is 12.0. The van der Waals surface area contributed by atoms with Crippen molar-refractivity contribution in [3.8, 4) is 0 Å². The second-order valence-corrected chi connectivity index (χ2v) is 7.32. The van der Waals surface area contributed by atoms with Crippen molar-refractivity contribution >= 4 is 31.8 Å². The summed E-state index contributed by atoms with van der Waals surface area (Å²) in [6.45, 7) is 0. The van der Waals surface area contributed by atoms with Gasteiger partial charge in [0, 0.05) is 19.1 Å². The molecule has 0 aliphatic carbocycles. The number of hydrazine groups is 1. The molecule has 0 spiro atoms. The summed E-state index contributed by atoms with van der Waals surface area (Å²) in [6, 6.07) is 5.31. The second-order valence-electron chi connectivity index (χ2n) is 3.37. The molecular formula is C8H12ClN3O4S2. The highest BCUT2D eigenvalue weighted by molar-refractivity contribution is 7.91. The molecule has 1 rings (SSSR count). The van der Waals surface area contributed by atoms with E-state index in [0.717, 1.165) is 14.1 Å². The van der Waals surface area contributed by atoms with Crippen LogP contribution in [0, 0.1) is 0 Å². The van der Waals surface area contributed by atoms with Crippen LogP contribution in [0.1, 0.15) is 0 Å². The predicted octanol–water partition coefficient (Wildman–Crippen LogP) is 0.0108. The summed E-state index contributed by atoms with van der Waals surface area (Å²) >= 11 is 5.64. The van der Waals surface area contributed by atoms with Gasteiger partial charge in [-0.15, -0.1) is 8.83 Å². The minimum atomic E-state index is -4.15. The summed E-state index contributed by atoms with van der Waals surface area (Å²) in [7, 11) is -6.04. The maximum absolute atomic E-state index is 12.1. The Balaban J connectivity index is 3.19. The maximum atomic E-state index is 12.1. The van der Waals surface area contributed by atoms with Gasteiger partial charge in [-0.25, -0.2) is 13.6 Å². The fraction of sp³-hybridized carbons (Fsp3) is 0.250. The van der Waals surface area contributed by atoms with E-state index < -0.39 is 20.2 Å². The van der Waals surface area contributed by atoms with E-state index in [1.165, 1.54) is 24.3 Å². The summed E-state index contributed by atoms with van der Waals surface area (Å²) in [5, 5.41) is 5.22. The van der Waals surface area contributed by atoms with Crippen LogP contribution in [0.2, 0.25) is 5.02 Å². The van der Waals surface area contributed by atoms with Crippen LogP contribution in [0.5, 0.6) is 0 Å². The topological polar surface area (TPSA) is 101 Å². The Morgan fingerprint density at radius 2 is 1.44 bits per heavy atom. The summed E-state index contributed by atoms with van der Waals surface area (Å²) < 4.78 is 47.2. The third-order valence-corrected chi connectivity index (χ3v) is 5.37. The van der Waals surface area contributed by atoms with Crippen LogP contribution in [-0.4, -0.2) is 39.8 Å². The molecule has 2 N–H and O–H groups in total. The Morgan fingerprint density at radius 3 is 1.83 bits per heavy atom. The SMILES string of the molecule is CN(N(C)S(=O)(=O)c1ccc(Cl)cc1)S(N)(=O)=O. The van der Waals surface area contributed by atoms with Crippen LogP contribution in [-0.2, 0) is 20.2 Å². The molecule has 0 aliphatic rings. The Bertz CT molecular complexity index is 627. The van der Waals surface area contributed by atoms with E-state index in [2.05, 4.69) is 0 Å². The fourth-order valence-corrected chi connectivity index (χ4v) is 3.15. The molecule has 0 amide bonds. The number of rotatable bonds is 4. The van der Waals surface area contributed by atoms with Crippen molar-refractivity contribution in [1.29, 1.82) is 0 Å². The lowest BCUT2D eigenvalue weighted by molar-refractivity contribution is 0.234. The van der Waals surface area contributed by atoms with Gasteiger partial charge in [0.15, 0.2) is 0 Å². The van der Waals surface area contributed by atoms with Crippen molar-refractivity contribution in [2.45, 2.75) is 4.90 Å². The number of halogens is 1. The number of hydrogen-bond donors (Lipinski definition) is 1. The monoisotopic (exact) mass is 313 g/mol. The van der Waals surface area contributed by atoms with E-state index in [0.29, 0.717) is 13.9 Å². The first kappa shape index (κ1) is 15.3. The van der Waals surface area contributed by atoms with Crippen LogP contribution in [0.25, 0.3) is 0 Å². The molecule has 0 aliphatic heterocycles. The molecule has 0 atom stereocenters. The Labute approximate surface area is 111 Å². The molecule has 0 aromatic heterocycles. The molecule has 10 heteroatoms. The summed E-state index contributed by atoms with van der Waals surface area (Å²) in [4.78, 5) is -0.0927. The number of sulfonamides is 1. The first-order valence-corrected chi connectivity index (χ1v) is 7.90. The van der Waals surface area contributed by atoms with E-state index in [9.17, 15) is 16.8 Å². The van der Waals surface area contributed by atoms with Crippen molar-refractivity contribution in [2.75, 3.05) is 14.1 Å². The zero-order chi connectivity index (χ0) is 14.1. The second kappa shape index (κ2) is 5.11. The van der Waals surface area contributed by atoms with Crippen molar-refractivity contribution in [3.63, 3.8) is 0 Å². The molecule has 0 heterocycles. The molecule has 0 saturated heterocycles. The van der Waals surface area contributed by atoms with Gasteiger partial charge < -0.3 is 0 Å². The first-order valence-electron chi connectivity index (χ1n) is 4.58. The molecule has 1 aromatic carbocycles. The highest BCUT2D eigenvalue weighted by Crippen LogP contribution is 2.18. The number of nitrogens with two attached hydrogens (primary N) is 1. The van der Waals surface area contributed by atoms with E-state index >= 15 is 0 Å². The minimum absolute atomic E-state index is 0.0927. The molecule has 7 nitrogen and oxygen atoms in total. The van der Waals surface area contributed by atoms with Gasteiger partial charge in [0.1, 0.15) is 0 Å². The number of nitrogens with zero attached hydrogens (tertiary/aromatic N) is 2. The van der Waals surface area contributed by atoms with Gasteiger partial charge in [-0.05, 0) is 24.3 Å². The van der Waals surface area contributed by atoms with Gasteiger partial charge in [-0.2, -0.15) is 8.42 Å². The smallest absolute Gasteiger partial charge is 0.214 e.